The Morgan fingerprint density at radius 1 is 1.38 bits per heavy atom. The molecule has 1 aliphatic heterocycles. The Labute approximate surface area is 136 Å². The van der Waals surface area contributed by atoms with Crippen molar-refractivity contribution in [3.8, 4) is 0 Å². The summed E-state index contributed by atoms with van der Waals surface area (Å²) in [5.41, 5.74) is -2.14. The van der Waals surface area contributed by atoms with E-state index in [-0.39, 0.29) is 19.5 Å². The second-order valence-corrected chi connectivity index (χ2v) is 6.06. The zero-order chi connectivity index (χ0) is 18.1. The van der Waals surface area contributed by atoms with Crippen LogP contribution in [0.4, 0.5) is 0 Å². The van der Waals surface area contributed by atoms with E-state index < -0.39 is 34.8 Å². The van der Waals surface area contributed by atoms with Crippen molar-refractivity contribution in [2.24, 2.45) is 0 Å². The van der Waals surface area contributed by atoms with Crippen LogP contribution in [0.25, 0.3) is 0 Å². The van der Waals surface area contributed by atoms with Gasteiger partial charge in [-0.2, -0.15) is 0 Å². The second kappa shape index (κ2) is 6.44. The summed E-state index contributed by atoms with van der Waals surface area (Å²) in [5, 5.41) is 19.2. The third-order valence-corrected chi connectivity index (χ3v) is 4.16. The predicted molar refractivity (Wildman–Crippen MR) is 83.7 cm³/mol. The number of likely N-dealkylation sites (tertiary alicyclic amines) is 1. The summed E-state index contributed by atoms with van der Waals surface area (Å²) in [5.74, 6) is -1.76. The van der Waals surface area contributed by atoms with E-state index in [2.05, 4.69) is 4.98 Å². The number of aromatic amines is 1. The molecule has 1 amide bonds. The summed E-state index contributed by atoms with van der Waals surface area (Å²) in [6.45, 7) is 3.33. The highest BCUT2D eigenvalue weighted by atomic mass is 16.4. The maximum absolute atomic E-state index is 12.1. The standard InChI is InChI=1S/C15H19N3O6/c1-9-7-18(14(23)16-13(9)22)10-8-17(6-5-15(10,2)24)11(19)3-4-12(20)21/h3-4,7,10,24H,5-6,8H2,1-2H3,(H,20,21)(H,16,22,23)/b4-3+/t10-,15-/m1/s1. The summed E-state index contributed by atoms with van der Waals surface area (Å²) in [6.07, 6.45) is 3.22. The lowest BCUT2D eigenvalue weighted by Crippen LogP contribution is -2.54. The molecule has 0 unspecified atom stereocenters. The maximum Gasteiger partial charge on any atom is 0.328 e. The molecule has 9 heteroatoms. The molecular weight excluding hydrogens is 318 g/mol. The molecule has 0 spiro atoms. The van der Waals surface area contributed by atoms with Crippen LogP contribution in [0.2, 0.25) is 0 Å². The number of aliphatic hydroxyl groups is 1. The van der Waals surface area contributed by atoms with Gasteiger partial charge in [0.15, 0.2) is 0 Å². The quantitative estimate of drug-likeness (QED) is 0.607. The molecule has 3 N–H and O–H groups in total. The fraction of sp³-hybridized carbons (Fsp3) is 0.467. The summed E-state index contributed by atoms with van der Waals surface area (Å²) in [6, 6.07) is -0.767. The average Bonchev–Trinajstić information content (AvgIpc) is 2.48. The summed E-state index contributed by atoms with van der Waals surface area (Å²) in [7, 11) is 0. The number of hydrogen-bond acceptors (Lipinski definition) is 5. The number of nitrogens with zero attached hydrogens (tertiary/aromatic N) is 2. The van der Waals surface area contributed by atoms with E-state index in [1.165, 1.54) is 22.6 Å². The first-order valence-electron chi connectivity index (χ1n) is 7.36. The van der Waals surface area contributed by atoms with Crippen molar-refractivity contribution in [2.75, 3.05) is 13.1 Å². The van der Waals surface area contributed by atoms with Gasteiger partial charge in [-0.15, -0.1) is 0 Å². The van der Waals surface area contributed by atoms with Crippen LogP contribution in [0.3, 0.4) is 0 Å². The lowest BCUT2D eigenvalue weighted by atomic mass is 9.88. The lowest BCUT2D eigenvalue weighted by molar-refractivity contribution is -0.135. The molecule has 0 saturated carbocycles. The fourth-order valence-electron chi connectivity index (χ4n) is 2.68. The molecule has 130 valence electrons. The van der Waals surface area contributed by atoms with Gasteiger partial charge in [0.1, 0.15) is 0 Å². The molecule has 1 fully saturated rings. The third kappa shape index (κ3) is 3.62. The first kappa shape index (κ1) is 17.7. The maximum atomic E-state index is 12.1. The van der Waals surface area contributed by atoms with Crippen molar-refractivity contribution >= 4 is 11.9 Å². The molecule has 1 saturated heterocycles. The molecule has 0 aliphatic carbocycles. The van der Waals surface area contributed by atoms with Crippen LogP contribution in [-0.4, -0.2) is 55.2 Å². The van der Waals surface area contributed by atoms with Gasteiger partial charge in [-0.25, -0.2) is 9.59 Å². The van der Waals surface area contributed by atoms with E-state index in [9.17, 15) is 24.3 Å². The van der Waals surface area contributed by atoms with Crippen molar-refractivity contribution in [3.63, 3.8) is 0 Å². The number of carboxylic acid groups (broad SMARTS) is 1. The SMILES string of the molecule is Cc1cn([C@@H]2CN(C(=O)/C=C/C(=O)O)CC[C@@]2(C)O)c(=O)[nH]c1=O. The molecular formula is C15H19N3O6. The first-order valence-corrected chi connectivity index (χ1v) is 7.36. The number of rotatable bonds is 3. The number of aliphatic carboxylic acids is 1. The van der Waals surface area contributed by atoms with Crippen LogP contribution in [0.5, 0.6) is 0 Å². The van der Waals surface area contributed by atoms with Gasteiger partial charge in [-0.3, -0.25) is 19.1 Å². The Hall–Kier alpha value is -2.68. The van der Waals surface area contributed by atoms with Crippen molar-refractivity contribution in [3.05, 3.63) is 44.8 Å². The van der Waals surface area contributed by atoms with Crippen LogP contribution < -0.4 is 11.2 Å². The number of aromatic nitrogens is 2. The molecule has 24 heavy (non-hydrogen) atoms. The molecule has 2 heterocycles. The van der Waals surface area contributed by atoms with Crippen LogP contribution >= 0.6 is 0 Å². The average molecular weight is 337 g/mol. The van der Waals surface area contributed by atoms with Crippen LogP contribution in [0, 0.1) is 6.92 Å². The molecule has 0 radical (unpaired) electrons. The Bertz CT molecular complexity index is 804. The number of nitrogens with one attached hydrogen (secondary N) is 1. The number of hydrogen-bond donors (Lipinski definition) is 3. The molecule has 0 aromatic carbocycles. The highest BCUT2D eigenvalue weighted by Crippen LogP contribution is 2.30. The normalized spacial score (nSPS) is 24.3. The number of carbonyl (C=O) groups excluding carboxylic acids is 1. The number of carboxylic acids is 1. The van der Waals surface area contributed by atoms with Gasteiger partial charge >= 0.3 is 11.7 Å². The van der Waals surface area contributed by atoms with E-state index in [1.807, 2.05) is 0 Å². The predicted octanol–water partition coefficient (Wildman–Crippen LogP) is -0.990. The molecule has 2 atom stereocenters. The molecule has 0 bridgehead atoms. The number of amides is 1. The molecule has 9 nitrogen and oxygen atoms in total. The fourth-order valence-corrected chi connectivity index (χ4v) is 2.68. The number of piperidine rings is 1. The Balaban J connectivity index is 2.35. The number of carbonyl (C=O) groups is 2. The van der Waals surface area contributed by atoms with Crippen molar-refractivity contribution in [1.82, 2.24) is 14.5 Å². The van der Waals surface area contributed by atoms with Crippen LogP contribution in [-0.2, 0) is 9.59 Å². The van der Waals surface area contributed by atoms with Crippen LogP contribution in [0.1, 0.15) is 24.9 Å². The van der Waals surface area contributed by atoms with Gasteiger partial charge in [0.2, 0.25) is 5.91 Å². The minimum Gasteiger partial charge on any atom is -0.478 e. The second-order valence-electron chi connectivity index (χ2n) is 6.06. The van der Waals surface area contributed by atoms with Gasteiger partial charge in [-0.05, 0) is 20.3 Å². The van der Waals surface area contributed by atoms with E-state index in [0.29, 0.717) is 5.56 Å². The summed E-state index contributed by atoms with van der Waals surface area (Å²) >= 11 is 0. The first-order chi connectivity index (χ1) is 11.1. The van der Waals surface area contributed by atoms with Gasteiger partial charge in [0.25, 0.3) is 5.56 Å². The molecule has 1 aliphatic rings. The number of H-pyrrole nitrogens is 1. The number of aryl methyl sites for hydroxylation is 1. The minimum absolute atomic E-state index is 0.0151. The van der Waals surface area contributed by atoms with Gasteiger partial charge in [0.05, 0.1) is 11.6 Å². The molecule has 1 aromatic heterocycles. The van der Waals surface area contributed by atoms with Crippen LogP contribution in [0.15, 0.2) is 27.9 Å². The smallest absolute Gasteiger partial charge is 0.328 e. The van der Waals surface area contributed by atoms with Gasteiger partial charge < -0.3 is 15.1 Å². The van der Waals surface area contributed by atoms with E-state index in [4.69, 9.17) is 5.11 Å². The zero-order valence-corrected chi connectivity index (χ0v) is 13.4. The Kier molecular flexibility index (Phi) is 4.74. The van der Waals surface area contributed by atoms with E-state index in [0.717, 1.165) is 12.2 Å². The highest BCUT2D eigenvalue weighted by molar-refractivity contribution is 5.94. The highest BCUT2D eigenvalue weighted by Gasteiger charge is 2.40. The lowest BCUT2D eigenvalue weighted by Gasteiger charge is -2.42. The van der Waals surface area contributed by atoms with E-state index in [1.54, 1.807) is 6.92 Å². The largest absolute Gasteiger partial charge is 0.478 e. The zero-order valence-electron chi connectivity index (χ0n) is 13.4. The minimum atomic E-state index is -1.26. The topological polar surface area (TPSA) is 133 Å². The van der Waals surface area contributed by atoms with Gasteiger partial charge in [-0.1, -0.05) is 0 Å². The van der Waals surface area contributed by atoms with Gasteiger partial charge in [0, 0.05) is 37.0 Å². The van der Waals surface area contributed by atoms with Crippen molar-refractivity contribution in [1.29, 1.82) is 0 Å². The molecule has 1 aromatic rings. The van der Waals surface area contributed by atoms with Crippen molar-refractivity contribution in [2.45, 2.75) is 31.9 Å². The Morgan fingerprint density at radius 3 is 2.67 bits per heavy atom. The third-order valence-electron chi connectivity index (χ3n) is 4.16. The Morgan fingerprint density at radius 2 is 2.04 bits per heavy atom. The van der Waals surface area contributed by atoms with E-state index >= 15 is 0 Å². The monoisotopic (exact) mass is 337 g/mol. The summed E-state index contributed by atoms with van der Waals surface area (Å²) in [4.78, 5) is 49.7. The van der Waals surface area contributed by atoms with Crippen molar-refractivity contribution < 1.29 is 19.8 Å². The summed E-state index contributed by atoms with van der Waals surface area (Å²) < 4.78 is 1.21. The molecule has 2 rings (SSSR count).